The Hall–Kier alpha value is -2.15. The van der Waals surface area contributed by atoms with E-state index in [1.807, 2.05) is 0 Å². The Labute approximate surface area is 124 Å². The number of benzene rings is 1. The SMILES string of the molecule is COc1cc(OC)cc(C(=O)Nc2ncc(Br)cn2)c1. The summed E-state index contributed by atoms with van der Waals surface area (Å²) in [4.78, 5) is 20.1. The van der Waals surface area contributed by atoms with Gasteiger partial charge in [-0.05, 0) is 28.1 Å². The Bertz CT molecular complexity index is 595. The molecule has 1 N–H and O–H groups in total. The molecule has 0 aliphatic rings. The molecule has 2 aromatic rings. The van der Waals surface area contributed by atoms with Gasteiger partial charge in [-0.2, -0.15) is 0 Å². The Morgan fingerprint density at radius 3 is 2.15 bits per heavy atom. The van der Waals surface area contributed by atoms with Crippen molar-refractivity contribution in [3.05, 3.63) is 40.6 Å². The number of nitrogens with zero attached hydrogens (tertiary/aromatic N) is 2. The number of rotatable bonds is 4. The summed E-state index contributed by atoms with van der Waals surface area (Å²) in [5.74, 6) is 0.946. The molecular weight excluding hydrogens is 326 g/mol. The molecule has 0 atom stereocenters. The third-order valence-corrected chi connectivity index (χ3v) is 2.87. The zero-order valence-corrected chi connectivity index (χ0v) is 12.5. The van der Waals surface area contributed by atoms with Crippen LogP contribution in [0, 0.1) is 0 Å². The van der Waals surface area contributed by atoms with Gasteiger partial charge in [0.25, 0.3) is 5.91 Å². The normalized spacial score (nSPS) is 9.95. The summed E-state index contributed by atoms with van der Waals surface area (Å²) in [6, 6.07) is 4.90. The number of anilines is 1. The minimum absolute atomic E-state index is 0.222. The highest BCUT2D eigenvalue weighted by Crippen LogP contribution is 2.22. The third-order valence-electron chi connectivity index (χ3n) is 2.46. The maximum Gasteiger partial charge on any atom is 0.258 e. The number of carbonyl (C=O) groups excluding carboxylic acids is 1. The zero-order valence-electron chi connectivity index (χ0n) is 10.9. The standard InChI is InChI=1S/C13H12BrN3O3/c1-19-10-3-8(4-11(5-10)20-2)12(18)17-13-15-6-9(14)7-16-13/h3-7H,1-2H3,(H,15,16,17,18). The monoisotopic (exact) mass is 337 g/mol. The molecular formula is C13H12BrN3O3. The van der Waals surface area contributed by atoms with Crippen LogP contribution >= 0.6 is 15.9 Å². The van der Waals surface area contributed by atoms with Crippen LogP contribution in [0.3, 0.4) is 0 Å². The lowest BCUT2D eigenvalue weighted by molar-refractivity contribution is 0.102. The molecule has 2 rings (SSSR count). The first-order valence-corrected chi connectivity index (χ1v) is 6.43. The highest BCUT2D eigenvalue weighted by atomic mass is 79.9. The van der Waals surface area contributed by atoms with Gasteiger partial charge in [0.05, 0.1) is 18.7 Å². The highest BCUT2D eigenvalue weighted by Gasteiger charge is 2.11. The van der Waals surface area contributed by atoms with Gasteiger partial charge in [-0.1, -0.05) is 0 Å². The second-order valence-corrected chi connectivity index (χ2v) is 4.70. The fourth-order valence-corrected chi connectivity index (χ4v) is 1.69. The van der Waals surface area contributed by atoms with Crippen molar-refractivity contribution in [3.63, 3.8) is 0 Å². The van der Waals surface area contributed by atoms with Gasteiger partial charge in [-0.3, -0.25) is 10.1 Å². The maximum absolute atomic E-state index is 12.1. The van der Waals surface area contributed by atoms with Crippen molar-refractivity contribution in [2.75, 3.05) is 19.5 Å². The van der Waals surface area contributed by atoms with E-state index in [9.17, 15) is 4.79 Å². The van der Waals surface area contributed by atoms with Crippen LogP contribution in [0.15, 0.2) is 35.1 Å². The first-order chi connectivity index (χ1) is 9.62. The van der Waals surface area contributed by atoms with E-state index in [1.54, 1.807) is 30.6 Å². The number of halogens is 1. The molecule has 104 valence electrons. The van der Waals surface area contributed by atoms with E-state index in [-0.39, 0.29) is 11.9 Å². The second kappa shape index (κ2) is 6.33. The average Bonchev–Trinajstić information content (AvgIpc) is 2.48. The molecule has 0 radical (unpaired) electrons. The van der Waals surface area contributed by atoms with Gasteiger partial charge in [0, 0.05) is 24.0 Å². The van der Waals surface area contributed by atoms with Crippen molar-refractivity contribution in [2.24, 2.45) is 0 Å². The number of carbonyl (C=O) groups is 1. The number of amides is 1. The van der Waals surface area contributed by atoms with Crippen LogP contribution < -0.4 is 14.8 Å². The summed E-state index contributed by atoms with van der Waals surface area (Å²) in [7, 11) is 3.04. The van der Waals surface area contributed by atoms with E-state index in [2.05, 4.69) is 31.2 Å². The smallest absolute Gasteiger partial charge is 0.258 e. The van der Waals surface area contributed by atoms with E-state index >= 15 is 0 Å². The van der Waals surface area contributed by atoms with Gasteiger partial charge in [-0.25, -0.2) is 9.97 Å². The molecule has 7 heteroatoms. The predicted octanol–water partition coefficient (Wildman–Crippen LogP) is 2.51. The second-order valence-electron chi connectivity index (χ2n) is 3.78. The Morgan fingerprint density at radius 1 is 1.10 bits per heavy atom. The lowest BCUT2D eigenvalue weighted by Gasteiger charge is -2.08. The molecule has 0 bridgehead atoms. The molecule has 0 saturated carbocycles. The Kier molecular flexibility index (Phi) is 4.52. The van der Waals surface area contributed by atoms with Gasteiger partial charge in [0.15, 0.2) is 0 Å². The molecule has 1 heterocycles. The summed E-state index contributed by atoms with van der Waals surface area (Å²) in [5, 5.41) is 2.59. The molecule has 20 heavy (non-hydrogen) atoms. The van der Waals surface area contributed by atoms with Crippen molar-refractivity contribution >= 4 is 27.8 Å². The molecule has 0 fully saturated rings. The minimum Gasteiger partial charge on any atom is -0.497 e. The third kappa shape index (κ3) is 3.45. The average molecular weight is 338 g/mol. The van der Waals surface area contributed by atoms with Crippen LogP contribution in [-0.4, -0.2) is 30.1 Å². The molecule has 1 amide bonds. The van der Waals surface area contributed by atoms with Crippen LogP contribution in [0.2, 0.25) is 0 Å². The predicted molar refractivity (Wildman–Crippen MR) is 77.2 cm³/mol. The van der Waals surface area contributed by atoms with Crippen molar-refractivity contribution < 1.29 is 14.3 Å². The van der Waals surface area contributed by atoms with Crippen molar-refractivity contribution in [1.29, 1.82) is 0 Å². The maximum atomic E-state index is 12.1. The van der Waals surface area contributed by atoms with Gasteiger partial charge in [0.2, 0.25) is 5.95 Å². The topological polar surface area (TPSA) is 73.3 Å². The minimum atomic E-state index is -0.343. The van der Waals surface area contributed by atoms with Crippen molar-refractivity contribution in [3.8, 4) is 11.5 Å². The molecule has 0 unspecified atom stereocenters. The lowest BCUT2D eigenvalue weighted by Crippen LogP contribution is -2.14. The van der Waals surface area contributed by atoms with E-state index in [0.29, 0.717) is 17.1 Å². The number of methoxy groups -OCH3 is 2. The summed E-state index contributed by atoms with van der Waals surface area (Å²) in [6.07, 6.45) is 3.10. The Morgan fingerprint density at radius 2 is 1.65 bits per heavy atom. The fourth-order valence-electron chi connectivity index (χ4n) is 1.49. The zero-order chi connectivity index (χ0) is 14.5. The van der Waals surface area contributed by atoms with E-state index in [0.717, 1.165) is 4.47 Å². The number of ether oxygens (including phenoxy) is 2. The molecule has 0 aliphatic heterocycles. The van der Waals surface area contributed by atoms with Gasteiger partial charge in [-0.15, -0.1) is 0 Å². The first kappa shape index (κ1) is 14.3. The Balaban J connectivity index is 2.22. The number of hydrogen-bond donors (Lipinski definition) is 1. The summed E-state index contributed by atoms with van der Waals surface area (Å²) < 4.78 is 11.0. The van der Waals surface area contributed by atoms with Gasteiger partial charge < -0.3 is 9.47 Å². The van der Waals surface area contributed by atoms with Gasteiger partial charge >= 0.3 is 0 Å². The largest absolute Gasteiger partial charge is 0.497 e. The molecule has 0 saturated heterocycles. The van der Waals surface area contributed by atoms with Crippen LogP contribution in [0.1, 0.15) is 10.4 Å². The molecule has 1 aromatic heterocycles. The number of nitrogens with one attached hydrogen (secondary N) is 1. The van der Waals surface area contributed by atoms with Gasteiger partial charge in [0.1, 0.15) is 11.5 Å². The molecule has 1 aromatic carbocycles. The summed E-state index contributed by atoms with van der Waals surface area (Å²) in [6.45, 7) is 0. The summed E-state index contributed by atoms with van der Waals surface area (Å²) >= 11 is 3.22. The van der Waals surface area contributed by atoms with Crippen molar-refractivity contribution in [1.82, 2.24) is 9.97 Å². The van der Waals surface area contributed by atoms with Crippen molar-refractivity contribution in [2.45, 2.75) is 0 Å². The quantitative estimate of drug-likeness (QED) is 0.927. The lowest BCUT2D eigenvalue weighted by atomic mass is 10.2. The van der Waals surface area contributed by atoms with Crippen LogP contribution in [0.4, 0.5) is 5.95 Å². The fraction of sp³-hybridized carbons (Fsp3) is 0.154. The van der Waals surface area contributed by atoms with E-state index < -0.39 is 0 Å². The van der Waals surface area contributed by atoms with Crippen LogP contribution in [-0.2, 0) is 0 Å². The molecule has 6 nitrogen and oxygen atoms in total. The van der Waals surface area contributed by atoms with E-state index in [1.165, 1.54) is 14.2 Å². The highest BCUT2D eigenvalue weighted by molar-refractivity contribution is 9.10. The molecule has 0 aliphatic carbocycles. The van der Waals surface area contributed by atoms with E-state index in [4.69, 9.17) is 9.47 Å². The van der Waals surface area contributed by atoms with Crippen LogP contribution in [0.25, 0.3) is 0 Å². The first-order valence-electron chi connectivity index (χ1n) is 5.64. The number of hydrogen-bond acceptors (Lipinski definition) is 5. The van der Waals surface area contributed by atoms with Crippen LogP contribution in [0.5, 0.6) is 11.5 Å². The molecule has 0 spiro atoms. The summed E-state index contributed by atoms with van der Waals surface area (Å²) in [5.41, 5.74) is 0.396. The number of aromatic nitrogens is 2.